The summed E-state index contributed by atoms with van der Waals surface area (Å²) in [5.41, 5.74) is 1.52. The summed E-state index contributed by atoms with van der Waals surface area (Å²) in [4.78, 5) is 0. The second kappa shape index (κ2) is 2.17. The summed E-state index contributed by atoms with van der Waals surface area (Å²) in [5.74, 6) is 0.745. The van der Waals surface area contributed by atoms with E-state index in [4.69, 9.17) is 0 Å². The predicted octanol–water partition coefficient (Wildman–Crippen LogP) is 2.53. The average molecular weight is 108 g/mol. The molecule has 0 saturated heterocycles. The van der Waals surface area contributed by atoms with E-state index in [1.165, 1.54) is 18.4 Å². The molecule has 1 aliphatic carbocycles. The number of rotatable bonds is 1. The van der Waals surface area contributed by atoms with Gasteiger partial charge in [-0.3, -0.25) is 0 Å². The molecule has 0 nitrogen and oxygen atoms in total. The Labute approximate surface area is 50.9 Å². The lowest BCUT2D eigenvalue weighted by Crippen LogP contribution is -1.85. The van der Waals surface area contributed by atoms with E-state index in [0.29, 0.717) is 0 Å². The smallest absolute Gasteiger partial charge is 0.0164 e. The van der Waals surface area contributed by atoms with Gasteiger partial charge < -0.3 is 0 Å². The van der Waals surface area contributed by atoms with Gasteiger partial charge in [-0.1, -0.05) is 17.7 Å². The standard InChI is InChI=1S/C8H12/c1-3-8-5-4-7(2)6-8/h3-4,8H,1,5-6H2,2H3. The first-order valence-corrected chi connectivity index (χ1v) is 3.11. The molecule has 1 rings (SSSR count). The Morgan fingerprint density at radius 2 is 2.62 bits per heavy atom. The highest BCUT2D eigenvalue weighted by atomic mass is 14.1. The molecule has 8 heavy (non-hydrogen) atoms. The first kappa shape index (κ1) is 5.61. The minimum Gasteiger partial charge on any atom is -0.103 e. The van der Waals surface area contributed by atoms with Crippen LogP contribution in [0.25, 0.3) is 0 Å². The normalized spacial score (nSPS) is 27.6. The molecule has 0 spiro atoms. The molecule has 0 aliphatic heterocycles. The third-order valence-corrected chi connectivity index (χ3v) is 1.69. The van der Waals surface area contributed by atoms with Crippen molar-refractivity contribution in [1.82, 2.24) is 0 Å². The minimum absolute atomic E-state index is 0.745. The van der Waals surface area contributed by atoms with E-state index in [1.54, 1.807) is 0 Å². The zero-order valence-electron chi connectivity index (χ0n) is 5.35. The Balaban J connectivity index is 2.43. The van der Waals surface area contributed by atoms with E-state index >= 15 is 0 Å². The van der Waals surface area contributed by atoms with Gasteiger partial charge >= 0.3 is 0 Å². The van der Waals surface area contributed by atoms with Gasteiger partial charge in [-0.05, 0) is 25.7 Å². The Bertz CT molecular complexity index is 120. The van der Waals surface area contributed by atoms with E-state index in [0.717, 1.165) is 5.92 Å². The van der Waals surface area contributed by atoms with Gasteiger partial charge in [0.2, 0.25) is 0 Å². The summed E-state index contributed by atoms with van der Waals surface area (Å²) in [6.07, 6.45) is 6.80. The van der Waals surface area contributed by atoms with Crippen molar-refractivity contribution in [2.24, 2.45) is 5.92 Å². The van der Waals surface area contributed by atoms with Gasteiger partial charge in [-0.15, -0.1) is 6.58 Å². The molecule has 0 N–H and O–H groups in total. The van der Waals surface area contributed by atoms with Gasteiger partial charge in [0.1, 0.15) is 0 Å². The Morgan fingerprint density at radius 3 is 2.88 bits per heavy atom. The largest absolute Gasteiger partial charge is 0.103 e. The van der Waals surface area contributed by atoms with Crippen molar-refractivity contribution in [2.75, 3.05) is 0 Å². The first-order valence-electron chi connectivity index (χ1n) is 3.11. The van der Waals surface area contributed by atoms with Gasteiger partial charge in [0.25, 0.3) is 0 Å². The number of allylic oxidation sites excluding steroid dienone is 3. The Hall–Kier alpha value is -0.520. The molecule has 0 aromatic rings. The minimum atomic E-state index is 0.745. The summed E-state index contributed by atoms with van der Waals surface area (Å²) >= 11 is 0. The fraction of sp³-hybridized carbons (Fsp3) is 0.500. The molecule has 0 radical (unpaired) electrons. The molecule has 0 heterocycles. The van der Waals surface area contributed by atoms with Crippen LogP contribution in [0.15, 0.2) is 24.3 Å². The van der Waals surface area contributed by atoms with E-state index in [-0.39, 0.29) is 0 Å². The summed E-state index contributed by atoms with van der Waals surface area (Å²) in [7, 11) is 0. The van der Waals surface area contributed by atoms with Crippen LogP contribution >= 0.6 is 0 Å². The molecule has 0 aromatic carbocycles. The highest BCUT2D eigenvalue weighted by molar-refractivity contribution is 5.10. The first-order chi connectivity index (χ1) is 3.83. The van der Waals surface area contributed by atoms with Crippen LogP contribution in [0.4, 0.5) is 0 Å². The molecular weight excluding hydrogens is 96.1 g/mol. The number of hydrogen-bond donors (Lipinski definition) is 0. The van der Waals surface area contributed by atoms with E-state index in [1.807, 2.05) is 6.08 Å². The van der Waals surface area contributed by atoms with Gasteiger partial charge in [-0.2, -0.15) is 0 Å². The lowest BCUT2D eigenvalue weighted by atomic mass is 10.1. The molecular formula is C8H12. The molecule has 44 valence electrons. The van der Waals surface area contributed by atoms with Crippen LogP contribution in [0.1, 0.15) is 19.8 Å². The van der Waals surface area contributed by atoms with E-state index < -0.39 is 0 Å². The van der Waals surface area contributed by atoms with Gasteiger partial charge in [0.15, 0.2) is 0 Å². The van der Waals surface area contributed by atoms with Crippen molar-refractivity contribution < 1.29 is 0 Å². The maximum atomic E-state index is 3.74. The van der Waals surface area contributed by atoms with Crippen LogP contribution in [0, 0.1) is 5.92 Å². The topological polar surface area (TPSA) is 0 Å². The monoisotopic (exact) mass is 108 g/mol. The number of hydrogen-bond acceptors (Lipinski definition) is 0. The molecule has 0 amide bonds. The maximum Gasteiger partial charge on any atom is -0.0164 e. The lowest BCUT2D eigenvalue weighted by molar-refractivity contribution is 0.706. The molecule has 0 fully saturated rings. The third kappa shape index (κ3) is 1.00. The van der Waals surface area contributed by atoms with Crippen LogP contribution in [-0.4, -0.2) is 0 Å². The van der Waals surface area contributed by atoms with Crippen molar-refractivity contribution in [2.45, 2.75) is 19.8 Å². The summed E-state index contributed by atoms with van der Waals surface area (Å²) in [6.45, 7) is 5.93. The molecule has 1 aliphatic rings. The fourth-order valence-electron chi connectivity index (χ4n) is 1.11. The van der Waals surface area contributed by atoms with Crippen LogP contribution in [0.3, 0.4) is 0 Å². The highest BCUT2D eigenvalue weighted by Crippen LogP contribution is 2.24. The highest BCUT2D eigenvalue weighted by Gasteiger charge is 2.08. The SMILES string of the molecule is C=CC1CC=C(C)C1. The lowest BCUT2D eigenvalue weighted by Gasteiger charge is -1.97. The zero-order valence-corrected chi connectivity index (χ0v) is 5.35. The summed E-state index contributed by atoms with van der Waals surface area (Å²) in [6, 6.07) is 0. The fourth-order valence-corrected chi connectivity index (χ4v) is 1.11. The molecule has 0 heteroatoms. The van der Waals surface area contributed by atoms with Gasteiger partial charge in [0.05, 0.1) is 0 Å². The average Bonchev–Trinajstić information content (AvgIpc) is 2.14. The van der Waals surface area contributed by atoms with Crippen LogP contribution in [0.2, 0.25) is 0 Å². The van der Waals surface area contributed by atoms with Crippen molar-refractivity contribution in [3.05, 3.63) is 24.3 Å². The maximum absolute atomic E-state index is 3.74. The summed E-state index contributed by atoms with van der Waals surface area (Å²) in [5, 5.41) is 0. The second-order valence-corrected chi connectivity index (χ2v) is 2.49. The Kier molecular flexibility index (Phi) is 1.52. The van der Waals surface area contributed by atoms with Gasteiger partial charge in [-0.25, -0.2) is 0 Å². The van der Waals surface area contributed by atoms with E-state index in [9.17, 15) is 0 Å². The van der Waals surface area contributed by atoms with Crippen LogP contribution in [0.5, 0.6) is 0 Å². The van der Waals surface area contributed by atoms with E-state index in [2.05, 4.69) is 19.6 Å². The van der Waals surface area contributed by atoms with Crippen molar-refractivity contribution in [3.63, 3.8) is 0 Å². The quantitative estimate of drug-likeness (QED) is 0.453. The molecule has 0 aromatic heterocycles. The molecule has 1 unspecified atom stereocenters. The summed E-state index contributed by atoms with van der Waals surface area (Å²) < 4.78 is 0. The van der Waals surface area contributed by atoms with Crippen LogP contribution < -0.4 is 0 Å². The molecule has 1 atom stereocenters. The van der Waals surface area contributed by atoms with Crippen molar-refractivity contribution in [3.8, 4) is 0 Å². The van der Waals surface area contributed by atoms with Crippen molar-refractivity contribution in [1.29, 1.82) is 0 Å². The van der Waals surface area contributed by atoms with Gasteiger partial charge in [0, 0.05) is 0 Å². The molecule has 0 saturated carbocycles. The van der Waals surface area contributed by atoms with Crippen LogP contribution in [-0.2, 0) is 0 Å². The zero-order chi connectivity index (χ0) is 5.98. The Morgan fingerprint density at radius 1 is 1.88 bits per heavy atom. The predicted molar refractivity (Wildman–Crippen MR) is 36.7 cm³/mol. The second-order valence-electron chi connectivity index (χ2n) is 2.49. The molecule has 0 bridgehead atoms. The third-order valence-electron chi connectivity index (χ3n) is 1.69. The van der Waals surface area contributed by atoms with Crippen molar-refractivity contribution >= 4 is 0 Å².